The molecule has 1 aliphatic carbocycles. The lowest BCUT2D eigenvalue weighted by Gasteiger charge is -2.38. The number of nitrogens with two attached hydrogens (primary N) is 1. The summed E-state index contributed by atoms with van der Waals surface area (Å²) >= 11 is 0. The Labute approximate surface area is 121 Å². The summed E-state index contributed by atoms with van der Waals surface area (Å²) in [5.74, 6) is 0.344. The second-order valence-corrected chi connectivity index (χ2v) is 6.85. The van der Waals surface area contributed by atoms with E-state index in [1.807, 2.05) is 6.92 Å². The van der Waals surface area contributed by atoms with Crippen molar-refractivity contribution in [2.45, 2.75) is 37.4 Å². The van der Waals surface area contributed by atoms with Gasteiger partial charge in [-0.1, -0.05) is 13.3 Å². The molecule has 0 radical (unpaired) electrons. The number of nitrogens with one attached hydrogen (secondary N) is 1. The lowest BCUT2D eigenvalue weighted by molar-refractivity contribution is 0.346. The second kappa shape index (κ2) is 6.77. The Kier molecular flexibility index (Phi) is 6.75. The van der Waals surface area contributed by atoms with Crippen LogP contribution < -0.4 is 11.1 Å². The van der Waals surface area contributed by atoms with Gasteiger partial charge >= 0.3 is 0 Å². The fourth-order valence-electron chi connectivity index (χ4n) is 1.76. The van der Waals surface area contributed by atoms with Crippen LogP contribution in [0.5, 0.6) is 0 Å². The van der Waals surface area contributed by atoms with Crippen LogP contribution in [0.4, 0.5) is 0 Å². The number of guanidine groups is 1. The van der Waals surface area contributed by atoms with Gasteiger partial charge in [0.25, 0.3) is 0 Å². The monoisotopic (exact) mass is 375 g/mol. The number of hydrogen-bond donors (Lipinski definition) is 2. The summed E-state index contributed by atoms with van der Waals surface area (Å²) in [4.78, 5) is 4.13. The predicted octanol–water partition coefficient (Wildman–Crippen LogP) is 0.886. The van der Waals surface area contributed by atoms with Gasteiger partial charge in [-0.05, 0) is 19.3 Å². The van der Waals surface area contributed by atoms with Crippen LogP contribution >= 0.6 is 24.0 Å². The van der Waals surface area contributed by atoms with E-state index in [1.54, 1.807) is 0 Å². The van der Waals surface area contributed by atoms with Gasteiger partial charge in [0.1, 0.15) is 0 Å². The molecule has 1 aliphatic rings. The molecule has 7 heteroatoms. The van der Waals surface area contributed by atoms with Gasteiger partial charge in [-0.2, -0.15) is 0 Å². The summed E-state index contributed by atoms with van der Waals surface area (Å²) in [6, 6.07) is 0. The molecule has 0 aromatic carbocycles. The Morgan fingerprint density at radius 2 is 2.06 bits per heavy atom. The summed E-state index contributed by atoms with van der Waals surface area (Å²) in [6.45, 7) is 3.08. The molecule has 0 bridgehead atoms. The van der Waals surface area contributed by atoms with E-state index in [2.05, 4.69) is 10.3 Å². The van der Waals surface area contributed by atoms with Crippen molar-refractivity contribution in [2.75, 3.05) is 19.3 Å². The second-order valence-electron chi connectivity index (χ2n) is 4.44. The van der Waals surface area contributed by atoms with E-state index in [1.165, 1.54) is 6.26 Å². The molecule has 0 heterocycles. The van der Waals surface area contributed by atoms with Gasteiger partial charge in [-0.15, -0.1) is 24.0 Å². The van der Waals surface area contributed by atoms with E-state index in [4.69, 9.17) is 5.73 Å². The molecule has 17 heavy (non-hydrogen) atoms. The summed E-state index contributed by atoms with van der Waals surface area (Å²) in [5, 5.41) is 2.94. The van der Waals surface area contributed by atoms with E-state index >= 15 is 0 Å². The molecular weight excluding hydrogens is 353 g/mol. The van der Waals surface area contributed by atoms with E-state index < -0.39 is 14.6 Å². The van der Waals surface area contributed by atoms with Crippen LogP contribution in [-0.4, -0.2) is 38.5 Å². The van der Waals surface area contributed by atoms with E-state index in [0.717, 1.165) is 19.4 Å². The Morgan fingerprint density at radius 1 is 1.47 bits per heavy atom. The molecule has 5 nitrogen and oxygen atoms in total. The summed E-state index contributed by atoms with van der Waals surface area (Å²) in [5.41, 5.74) is 5.63. The number of aliphatic imine (C=N–C) groups is 1. The average Bonchev–Trinajstić information content (AvgIpc) is 2.10. The Hall–Kier alpha value is -0.0500. The minimum Gasteiger partial charge on any atom is -0.370 e. The standard InChI is InChI=1S/C10H21N3O2S.HI/c1-3-7-12-9(11)13-8-10(5-4-6-10)16(2,14)15;/h3-8H2,1-2H3,(H3,11,12,13);1H. The maximum absolute atomic E-state index is 11.6. The number of hydrogen-bond acceptors (Lipinski definition) is 3. The van der Waals surface area contributed by atoms with Crippen molar-refractivity contribution in [3.05, 3.63) is 0 Å². The van der Waals surface area contributed by atoms with Gasteiger partial charge in [-0.25, -0.2) is 8.42 Å². The highest BCUT2D eigenvalue weighted by Crippen LogP contribution is 2.39. The third kappa shape index (κ3) is 4.27. The van der Waals surface area contributed by atoms with Crippen molar-refractivity contribution in [1.29, 1.82) is 0 Å². The lowest BCUT2D eigenvalue weighted by Crippen LogP contribution is -2.48. The smallest absolute Gasteiger partial charge is 0.188 e. The normalized spacial score (nSPS) is 19.1. The van der Waals surface area contributed by atoms with Gasteiger partial charge in [0.2, 0.25) is 0 Å². The molecule has 0 saturated heterocycles. The minimum absolute atomic E-state index is 0. The Morgan fingerprint density at radius 3 is 2.41 bits per heavy atom. The Bertz CT molecular complexity index is 364. The van der Waals surface area contributed by atoms with Crippen LogP contribution in [0.2, 0.25) is 0 Å². The fourth-order valence-corrected chi connectivity index (χ4v) is 3.08. The molecule has 0 atom stereocenters. The third-order valence-electron chi connectivity index (χ3n) is 3.15. The zero-order valence-electron chi connectivity index (χ0n) is 10.4. The zero-order valence-corrected chi connectivity index (χ0v) is 13.5. The maximum atomic E-state index is 11.6. The van der Waals surface area contributed by atoms with Crippen molar-refractivity contribution >= 4 is 39.8 Å². The Balaban J connectivity index is 0.00000256. The van der Waals surface area contributed by atoms with Gasteiger partial charge in [-0.3, -0.25) is 4.99 Å². The molecule has 0 aliphatic heterocycles. The highest BCUT2D eigenvalue weighted by atomic mass is 127. The maximum Gasteiger partial charge on any atom is 0.188 e. The number of halogens is 1. The van der Waals surface area contributed by atoms with Crippen molar-refractivity contribution in [3.63, 3.8) is 0 Å². The summed E-state index contributed by atoms with van der Waals surface area (Å²) in [7, 11) is -3.03. The van der Waals surface area contributed by atoms with E-state index in [9.17, 15) is 8.42 Å². The first kappa shape index (κ1) is 16.9. The van der Waals surface area contributed by atoms with Crippen LogP contribution in [0, 0.1) is 0 Å². The van der Waals surface area contributed by atoms with Gasteiger partial charge < -0.3 is 11.1 Å². The van der Waals surface area contributed by atoms with Crippen LogP contribution in [0.3, 0.4) is 0 Å². The fraction of sp³-hybridized carbons (Fsp3) is 0.900. The average molecular weight is 375 g/mol. The number of sulfone groups is 1. The van der Waals surface area contributed by atoms with Crippen LogP contribution in [0.1, 0.15) is 32.6 Å². The molecule has 0 aromatic heterocycles. The highest BCUT2D eigenvalue weighted by Gasteiger charge is 2.46. The SMILES string of the molecule is CCCNC(N)=NCC1(S(C)(=O)=O)CCC1.I. The third-order valence-corrected chi connectivity index (χ3v) is 5.26. The summed E-state index contributed by atoms with van der Waals surface area (Å²) in [6.07, 6.45) is 4.63. The van der Waals surface area contributed by atoms with Gasteiger partial charge in [0, 0.05) is 12.8 Å². The number of nitrogens with zero attached hydrogens (tertiary/aromatic N) is 1. The van der Waals surface area contributed by atoms with E-state index in [0.29, 0.717) is 18.8 Å². The molecular formula is C10H22IN3O2S. The van der Waals surface area contributed by atoms with Crippen molar-refractivity contribution in [1.82, 2.24) is 5.32 Å². The summed E-state index contributed by atoms with van der Waals surface area (Å²) < 4.78 is 22.6. The van der Waals surface area contributed by atoms with Gasteiger partial charge in [0.05, 0.1) is 11.3 Å². The van der Waals surface area contributed by atoms with Crippen molar-refractivity contribution in [3.8, 4) is 0 Å². The lowest BCUT2D eigenvalue weighted by atomic mass is 9.84. The van der Waals surface area contributed by atoms with Crippen LogP contribution in [0.15, 0.2) is 4.99 Å². The number of rotatable bonds is 5. The zero-order chi connectivity index (χ0) is 12.2. The molecule has 1 rings (SSSR count). The topological polar surface area (TPSA) is 84.5 Å². The molecule has 3 N–H and O–H groups in total. The largest absolute Gasteiger partial charge is 0.370 e. The quantitative estimate of drug-likeness (QED) is 0.425. The first-order chi connectivity index (χ1) is 7.41. The van der Waals surface area contributed by atoms with Crippen molar-refractivity contribution in [2.24, 2.45) is 10.7 Å². The molecule has 1 fully saturated rings. The van der Waals surface area contributed by atoms with Crippen LogP contribution in [-0.2, 0) is 9.84 Å². The molecule has 102 valence electrons. The minimum atomic E-state index is -3.03. The highest BCUT2D eigenvalue weighted by molar-refractivity contribution is 14.0. The predicted molar refractivity (Wildman–Crippen MR) is 81.6 cm³/mol. The first-order valence-electron chi connectivity index (χ1n) is 5.65. The molecule has 1 saturated carbocycles. The van der Waals surface area contributed by atoms with Crippen molar-refractivity contribution < 1.29 is 8.42 Å². The first-order valence-corrected chi connectivity index (χ1v) is 7.54. The molecule has 0 unspecified atom stereocenters. The molecule has 0 amide bonds. The molecule has 0 spiro atoms. The van der Waals surface area contributed by atoms with Crippen LogP contribution in [0.25, 0.3) is 0 Å². The van der Waals surface area contributed by atoms with E-state index in [-0.39, 0.29) is 30.5 Å². The molecule has 0 aromatic rings. The van der Waals surface area contributed by atoms with Gasteiger partial charge in [0.15, 0.2) is 15.8 Å².